The van der Waals surface area contributed by atoms with E-state index in [2.05, 4.69) is 21.6 Å². The van der Waals surface area contributed by atoms with Crippen molar-refractivity contribution in [2.24, 2.45) is 0 Å². The number of aromatic nitrogens is 3. The molecule has 37 heavy (non-hydrogen) atoms. The highest BCUT2D eigenvalue weighted by Crippen LogP contribution is 2.29. The zero-order chi connectivity index (χ0) is 25.6. The summed E-state index contributed by atoms with van der Waals surface area (Å²) in [5.41, 5.74) is 3.02. The van der Waals surface area contributed by atoms with E-state index in [1.54, 1.807) is 6.07 Å². The molecule has 0 saturated carbocycles. The van der Waals surface area contributed by atoms with Crippen LogP contribution >= 0.6 is 23.1 Å². The number of hydrogen-bond donors (Lipinski definition) is 1. The lowest BCUT2D eigenvalue weighted by molar-refractivity contribution is -0.116. The number of fused-ring (bicyclic) bond motifs is 1. The first-order valence-corrected chi connectivity index (χ1v) is 14.0. The molecule has 1 aliphatic rings. The largest absolute Gasteiger partial charge is 0.494 e. The van der Waals surface area contributed by atoms with E-state index >= 15 is 0 Å². The molecule has 2 amide bonds. The Morgan fingerprint density at radius 1 is 1.08 bits per heavy atom. The van der Waals surface area contributed by atoms with Gasteiger partial charge in [0.1, 0.15) is 5.75 Å². The van der Waals surface area contributed by atoms with Gasteiger partial charge in [-0.2, -0.15) is 0 Å². The monoisotopic (exact) mass is 533 g/mol. The van der Waals surface area contributed by atoms with Crippen LogP contribution in [-0.2, 0) is 17.8 Å². The average Bonchev–Trinajstić information content (AvgIpc) is 3.61. The second-order valence-corrected chi connectivity index (χ2v) is 10.3. The number of carbonyl (C=O) groups is 2. The molecule has 0 bridgehead atoms. The number of nitrogens with one attached hydrogen (secondary N) is 1. The molecule has 3 heterocycles. The van der Waals surface area contributed by atoms with E-state index in [0.29, 0.717) is 29.0 Å². The second-order valence-electron chi connectivity index (χ2n) is 8.39. The maximum atomic E-state index is 13.2. The van der Waals surface area contributed by atoms with Crippen molar-refractivity contribution in [2.45, 2.75) is 31.5 Å². The third-order valence-corrected chi connectivity index (χ3v) is 7.78. The van der Waals surface area contributed by atoms with Crippen molar-refractivity contribution in [1.82, 2.24) is 20.1 Å². The van der Waals surface area contributed by atoms with Crippen molar-refractivity contribution in [3.05, 3.63) is 82.3 Å². The molecule has 0 fully saturated rings. The van der Waals surface area contributed by atoms with Crippen LogP contribution in [0.4, 0.5) is 5.69 Å². The number of benzene rings is 2. The van der Waals surface area contributed by atoms with Crippen LogP contribution in [0.1, 0.15) is 34.4 Å². The lowest BCUT2D eigenvalue weighted by Crippen LogP contribution is -2.36. The van der Waals surface area contributed by atoms with E-state index in [1.165, 1.54) is 28.7 Å². The number of ether oxygens (including phenoxy) is 1. The second kappa shape index (κ2) is 11.6. The number of hydrogen-bond acceptors (Lipinski definition) is 7. The topological polar surface area (TPSA) is 89.3 Å². The predicted molar refractivity (Wildman–Crippen MR) is 146 cm³/mol. The summed E-state index contributed by atoms with van der Waals surface area (Å²) in [6, 6.07) is 19.3. The van der Waals surface area contributed by atoms with Gasteiger partial charge in [-0.15, -0.1) is 21.5 Å². The van der Waals surface area contributed by atoms with Crippen LogP contribution in [0.5, 0.6) is 5.75 Å². The maximum Gasteiger partial charge on any atom is 0.261 e. The van der Waals surface area contributed by atoms with E-state index in [-0.39, 0.29) is 24.1 Å². The molecule has 0 radical (unpaired) electrons. The number of para-hydroxylation sites is 1. The summed E-state index contributed by atoms with van der Waals surface area (Å²) in [4.78, 5) is 28.2. The van der Waals surface area contributed by atoms with Crippen LogP contribution in [0.25, 0.3) is 5.69 Å². The van der Waals surface area contributed by atoms with Crippen LogP contribution < -0.4 is 15.0 Å². The van der Waals surface area contributed by atoms with Gasteiger partial charge in [0.05, 0.1) is 23.8 Å². The van der Waals surface area contributed by atoms with E-state index in [0.717, 1.165) is 30.0 Å². The minimum absolute atomic E-state index is 0.0333. The lowest BCUT2D eigenvalue weighted by atomic mass is 10.0. The van der Waals surface area contributed by atoms with Crippen LogP contribution in [0.2, 0.25) is 0 Å². The van der Waals surface area contributed by atoms with Crippen molar-refractivity contribution in [1.29, 1.82) is 0 Å². The molecular weight excluding hydrogens is 506 g/mol. The minimum Gasteiger partial charge on any atom is -0.494 e. The van der Waals surface area contributed by atoms with Gasteiger partial charge in [0, 0.05) is 17.9 Å². The SMILES string of the molecule is CCOc1ccc(-n2c(CNC(=O)c3cccs3)nnc2SCC(=O)N2CCCc3ccccc32)cc1. The molecule has 0 unspecified atom stereocenters. The summed E-state index contributed by atoms with van der Waals surface area (Å²) in [5, 5.41) is 14.1. The number of thioether (sulfide) groups is 1. The number of nitrogens with zero attached hydrogens (tertiary/aromatic N) is 4. The minimum atomic E-state index is -0.163. The van der Waals surface area contributed by atoms with E-state index in [4.69, 9.17) is 4.74 Å². The normalized spacial score (nSPS) is 12.7. The first kappa shape index (κ1) is 25.0. The van der Waals surface area contributed by atoms with Crippen LogP contribution in [0.15, 0.2) is 71.2 Å². The molecule has 2 aromatic carbocycles. The summed E-state index contributed by atoms with van der Waals surface area (Å²) >= 11 is 2.72. The quantitative estimate of drug-likeness (QED) is 0.313. The Morgan fingerprint density at radius 3 is 2.70 bits per heavy atom. The number of carbonyl (C=O) groups excluding carboxylic acids is 2. The van der Waals surface area contributed by atoms with Gasteiger partial charge in [-0.3, -0.25) is 14.2 Å². The van der Waals surface area contributed by atoms with Crippen molar-refractivity contribution in [2.75, 3.05) is 23.8 Å². The Morgan fingerprint density at radius 2 is 1.92 bits per heavy atom. The van der Waals surface area contributed by atoms with Crippen molar-refractivity contribution in [3.8, 4) is 11.4 Å². The predicted octanol–water partition coefficient (Wildman–Crippen LogP) is 4.73. The fraction of sp³-hybridized carbons (Fsp3) is 0.259. The molecule has 2 aromatic heterocycles. The molecule has 1 aliphatic heterocycles. The third-order valence-electron chi connectivity index (χ3n) is 5.99. The smallest absolute Gasteiger partial charge is 0.261 e. The maximum absolute atomic E-state index is 13.2. The summed E-state index contributed by atoms with van der Waals surface area (Å²) in [7, 11) is 0. The molecule has 0 saturated heterocycles. The zero-order valence-corrected chi connectivity index (χ0v) is 22.1. The van der Waals surface area contributed by atoms with Gasteiger partial charge in [-0.25, -0.2) is 0 Å². The molecule has 4 aromatic rings. The van der Waals surface area contributed by atoms with Crippen LogP contribution in [-0.4, -0.2) is 45.5 Å². The summed E-state index contributed by atoms with van der Waals surface area (Å²) in [6.45, 7) is 3.43. The fourth-order valence-corrected chi connectivity index (χ4v) is 5.76. The number of rotatable bonds is 9. The Hall–Kier alpha value is -3.63. The molecular formula is C27H27N5O3S2. The van der Waals surface area contributed by atoms with Gasteiger partial charge in [0.15, 0.2) is 11.0 Å². The summed E-state index contributed by atoms with van der Waals surface area (Å²) in [6.07, 6.45) is 1.93. The average molecular weight is 534 g/mol. The van der Waals surface area contributed by atoms with Crippen LogP contribution in [0, 0.1) is 0 Å². The molecule has 190 valence electrons. The Balaban J connectivity index is 1.36. The van der Waals surface area contributed by atoms with Gasteiger partial charge in [-0.05, 0) is 67.1 Å². The van der Waals surface area contributed by atoms with Crippen LogP contribution in [0.3, 0.4) is 0 Å². The first-order chi connectivity index (χ1) is 18.1. The first-order valence-electron chi connectivity index (χ1n) is 12.1. The highest BCUT2D eigenvalue weighted by Gasteiger charge is 2.24. The Bertz CT molecular complexity index is 1370. The van der Waals surface area contributed by atoms with E-state index in [9.17, 15) is 9.59 Å². The van der Waals surface area contributed by atoms with Gasteiger partial charge < -0.3 is 15.0 Å². The van der Waals surface area contributed by atoms with Crippen molar-refractivity contribution < 1.29 is 14.3 Å². The van der Waals surface area contributed by atoms with E-state index in [1.807, 2.05) is 70.3 Å². The highest BCUT2D eigenvalue weighted by molar-refractivity contribution is 7.99. The van der Waals surface area contributed by atoms with Gasteiger partial charge in [0.2, 0.25) is 5.91 Å². The zero-order valence-electron chi connectivity index (χ0n) is 20.4. The highest BCUT2D eigenvalue weighted by atomic mass is 32.2. The van der Waals surface area contributed by atoms with Gasteiger partial charge >= 0.3 is 0 Å². The van der Waals surface area contributed by atoms with E-state index < -0.39 is 0 Å². The van der Waals surface area contributed by atoms with Gasteiger partial charge in [0.25, 0.3) is 5.91 Å². The molecule has 0 atom stereocenters. The van der Waals surface area contributed by atoms with Gasteiger partial charge in [-0.1, -0.05) is 36.0 Å². The molecule has 8 nitrogen and oxygen atoms in total. The lowest BCUT2D eigenvalue weighted by Gasteiger charge is -2.29. The van der Waals surface area contributed by atoms with Crippen molar-refractivity contribution >= 4 is 40.6 Å². The number of aryl methyl sites for hydroxylation is 1. The summed E-state index contributed by atoms with van der Waals surface area (Å²) in [5.74, 6) is 1.44. The standard InChI is InChI=1S/C27H27N5O3S2/c1-2-35-21-13-11-20(12-14-21)32-24(17-28-26(34)23-10-6-16-36-23)29-30-27(32)37-18-25(33)31-15-5-8-19-7-3-4-9-22(19)31/h3-4,6-7,9-14,16H,2,5,8,15,17-18H2,1H3,(H,28,34). The molecule has 5 rings (SSSR count). The number of thiophene rings is 1. The number of amides is 2. The third kappa shape index (κ3) is 5.70. The Labute approximate surface area is 223 Å². The molecule has 1 N–H and O–H groups in total. The molecule has 10 heteroatoms. The fourth-order valence-electron chi connectivity index (χ4n) is 4.28. The molecule has 0 spiro atoms. The van der Waals surface area contributed by atoms with Crippen molar-refractivity contribution in [3.63, 3.8) is 0 Å². The summed E-state index contributed by atoms with van der Waals surface area (Å²) < 4.78 is 7.46. The Kier molecular flexibility index (Phi) is 7.86. The molecule has 0 aliphatic carbocycles. The number of anilines is 1.